The smallest absolute Gasteiger partial charge is 0.268 e. The first-order valence-electron chi connectivity index (χ1n) is 5.38. The van der Waals surface area contributed by atoms with Crippen molar-refractivity contribution >= 4 is 10.1 Å². The second-order valence-corrected chi connectivity index (χ2v) is 5.25. The van der Waals surface area contributed by atoms with E-state index in [0.717, 1.165) is 19.3 Å². The zero-order valence-electron chi connectivity index (χ0n) is 9.31. The van der Waals surface area contributed by atoms with Gasteiger partial charge in [-0.15, -0.1) is 0 Å². The normalized spacial score (nSPS) is 14.1. The highest BCUT2D eigenvalue weighted by molar-refractivity contribution is 7.86. The van der Waals surface area contributed by atoms with Crippen LogP contribution in [0.25, 0.3) is 0 Å². The Morgan fingerprint density at radius 1 is 1.27 bits per heavy atom. The van der Waals surface area contributed by atoms with Crippen molar-refractivity contribution in [3.8, 4) is 0 Å². The predicted molar refractivity (Wildman–Crippen MR) is 60.7 cm³/mol. The zero-order chi connectivity index (χ0) is 11.7. The van der Waals surface area contributed by atoms with Gasteiger partial charge in [0, 0.05) is 0 Å². The molecular weight excluding hydrogens is 216 g/mol. The molecule has 0 heterocycles. The summed E-state index contributed by atoms with van der Waals surface area (Å²) in [6, 6.07) is 0. The molecule has 0 aromatic rings. The molecule has 5 nitrogen and oxygen atoms in total. The van der Waals surface area contributed by atoms with Crippen molar-refractivity contribution in [2.75, 3.05) is 12.3 Å². The Balaban J connectivity index is 3.68. The van der Waals surface area contributed by atoms with Crippen LogP contribution in [0.15, 0.2) is 0 Å². The fraction of sp³-hybridized carbons (Fsp3) is 1.00. The van der Waals surface area contributed by atoms with E-state index in [0.29, 0.717) is 19.4 Å². The van der Waals surface area contributed by atoms with Gasteiger partial charge in [-0.05, 0) is 32.2 Å². The van der Waals surface area contributed by atoms with Crippen molar-refractivity contribution in [3.63, 3.8) is 0 Å². The minimum Gasteiger partial charge on any atom is -0.330 e. The highest BCUT2D eigenvalue weighted by Gasteiger charge is 2.14. The minimum atomic E-state index is -3.42. The summed E-state index contributed by atoms with van der Waals surface area (Å²) in [7, 11) is -3.42. The average molecular weight is 238 g/mol. The maximum atomic E-state index is 11.2. The SMILES string of the molecule is CCCS(=O)(=O)OC(N)CCCCCN. The van der Waals surface area contributed by atoms with Crippen LogP contribution in [-0.2, 0) is 14.3 Å². The molecule has 0 aliphatic rings. The summed E-state index contributed by atoms with van der Waals surface area (Å²) in [5.74, 6) is 0.0312. The molecule has 15 heavy (non-hydrogen) atoms. The first kappa shape index (κ1) is 14.8. The van der Waals surface area contributed by atoms with E-state index >= 15 is 0 Å². The van der Waals surface area contributed by atoms with E-state index in [9.17, 15) is 8.42 Å². The minimum absolute atomic E-state index is 0.0312. The largest absolute Gasteiger partial charge is 0.330 e. The van der Waals surface area contributed by atoms with Crippen LogP contribution in [0.2, 0.25) is 0 Å². The van der Waals surface area contributed by atoms with Crippen molar-refractivity contribution < 1.29 is 12.6 Å². The molecule has 0 aromatic heterocycles. The summed E-state index contributed by atoms with van der Waals surface area (Å²) >= 11 is 0. The van der Waals surface area contributed by atoms with Crippen LogP contribution in [0.1, 0.15) is 39.0 Å². The van der Waals surface area contributed by atoms with Gasteiger partial charge in [-0.1, -0.05) is 13.3 Å². The number of hydrogen-bond donors (Lipinski definition) is 2. The number of unbranched alkanes of at least 4 members (excludes halogenated alkanes) is 2. The van der Waals surface area contributed by atoms with Gasteiger partial charge in [0.2, 0.25) is 0 Å². The average Bonchev–Trinajstić information content (AvgIpc) is 2.11. The highest BCUT2D eigenvalue weighted by atomic mass is 32.2. The molecule has 0 saturated heterocycles. The van der Waals surface area contributed by atoms with E-state index in [-0.39, 0.29) is 5.75 Å². The Morgan fingerprint density at radius 2 is 1.93 bits per heavy atom. The molecule has 0 aliphatic carbocycles. The van der Waals surface area contributed by atoms with E-state index in [1.807, 2.05) is 0 Å². The molecule has 0 rings (SSSR count). The van der Waals surface area contributed by atoms with Gasteiger partial charge in [-0.3, -0.25) is 4.18 Å². The van der Waals surface area contributed by atoms with Gasteiger partial charge < -0.3 is 11.5 Å². The van der Waals surface area contributed by atoms with Crippen LogP contribution in [0.5, 0.6) is 0 Å². The maximum Gasteiger partial charge on any atom is 0.268 e. The van der Waals surface area contributed by atoms with Crippen molar-refractivity contribution in [1.29, 1.82) is 0 Å². The molecular formula is C9H22N2O3S. The second kappa shape index (κ2) is 8.04. The van der Waals surface area contributed by atoms with Gasteiger partial charge in [0.25, 0.3) is 10.1 Å². The van der Waals surface area contributed by atoms with Crippen molar-refractivity contribution in [2.45, 2.75) is 45.3 Å². The van der Waals surface area contributed by atoms with E-state index in [2.05, 4.69) is 0 Å². The van der Waals surface area contributed by atoms with Crippen molar-refractivity contribution in [1.82, 2.24) is 0 Å². The molecule has 0 fully saturated rings. The molecule has 0 radical (unpaired) electrons. The molecule has 6 heteroatoms. The Hall–Kier alpha value is -0.170. The van der Waals surface area contributed by atoms with Gasteiger partial charge >= 0.3 is 0 Å². The summed E-state index contributed by atoms with van der Waals surface area (Å²) in [6.07, 6.45) is 3.14. The molecule has 0 spiro atoms. The summed E-state index contributed by atoms with van der Waals surface area (Å²) in [4.78, 5) is 0. The monoisotopic (exact) mass is 238 g/mol. The topological polar surface area (TPSA) is 95.4 Å². The molecule has 4 N–H and O–H groups in total. The van der Waals surface area contributed by atoms with E-state index in [4.69, 9.17) is 15.7 Å². The van der Waals surface area contributed by atoms with Gasteiger partial charge in [-0.25, -0.2) is 0 Å². The Kier molecular flexibility index (Phi) is 7.95. The standard InChI is InChI=1S/C9H22N2O3S/c1-2-8-15(12,13)14-9(11)6-4-3-5-7-10/h9H,2-8,10-11H2,1H3. The fourth-order valence-electron chi connectivity index (χ4n) is 1.20. The van der Waals surface area contributed by atoms with Crippen LogP contribution in [0.3, 0.4) is 0 Å². The van der Waals surface area contributed by atoms with Crippen molar-refractivity contribution in [2.24, 2.45) is 11.5 Å². The predicted octanol–water partition coefficient (Wildman–Crippen LogP) is 0.547. The zero-order valence-corrected chi connectivity index (χ0v) is 10.1. The lowest BCUT2D eigenvalue weighted by molar-refractivity contribution is 0.202. The number of rotatable bonds is 9. The maximum absolute atomic E-state index is 11.2. The summed E-state index contributed by atoms with van der Waals surface area (Å²) in [5, 5.41) is 0. The summed E-state index contributed by atoms with van der Waals surface area (Å²) in [6.45, 7) is 2.44. The van der Waals surface area contributed by atoms with Gasteiger partial charge in [0.1, 0.15) is 6.23 Å². The van der Waals surface area contributed by atoms with Crippen LogP contribution < -0.4 is 11.5 Å². The number of nitrogens with two attached hydrogens (primary N) is 2. The van der Waals surface area contributed by atoms with E-state index in [1.165, 1.54) is 0 Å². The molecule has 1 atom stereocenters. The van der Waals surface area contributed by atoms with Crippen LogP contribution in [0, 0.1) is 0 Å². The molecule has 0 amide bonds. The van der Waals surface area contributed by atoms with E-state index < -0.39 is 16.3 Å². The molecule has 0 aromatic carbocycles. The van der Waals surface area contributed by atoms with Crippen LogP contribution in [-0.4, -0.2) is 26.9 Å². The Morgan fingerprint density at radius 3 is 2.47 bits per heavy atom. The lowest BCUT2D eigenvalue weighted by atomic mass is 10.2. The van der Waals surface area contributed by atoms with Crippen LogP contribution in [0.4, 0.5) is 0 Å². The first-order valence-corrected chi connectivity index (χ1v) is 6.96. The lowest BCUT2D eigenvalue weighted by Crippen LogP contribution is -2.28. The Labute approximate surface area is 92.3 Å². The summed E-state index contributed by atoms with van der Waals surface area (Å²) < 4.78 is 27.2. The number of hydrogen-bond acceptors (Lipinski definition) is 5. The third-order valence-corrected chi connectivity index (χ3v) is 3.37. The van der Waals surface area contributed by atoms with Crippen LogP contribution >= 0.6 is 0 Å². The van der Waals surface area contributed by atoms with Crippen molar-refractivity contribution in [3.05, 3.63) is 0 Å². The Bertz CT molecular complexity index is 242. The van der Waals surface area contributed by atoms with E-state index in [1.54, 1.807) is 6.92 Å². The third kappa shape index (κ3) is 8.80. The summed E-state index contributed by atoms with van der Waals surface area (Å²) in [5.41, 5.74) is 10.9. The fourth-order valence-corrected chi connectivity index (χ4v) is 2.27. The second-order valence-electron chi connectivity index (χ2n) is 3.53. The lowest BCUT2D eigenvalue weighted by Gasteiger charge is -2.12. The van der Waals surface area contributed by atoms with Gasteiger partial charge in [-0.2, -0.15) is 8.42 Å². The highest BCUT2D eigenvalue weighted by Crippen LogP contribution is 2.06. The first-order chi connectivity index (χ1) is 7.02. The third-order valence-electron chi connectivity index (χ3n) is 1.92. The molecule has 0 aliphatic heterocycles. The molecule has 0 saturated carbocycles. The van der Waals surface area contributed by atoms with Gasteiger partial charge in [0.05, 0.1) is 5.75 Å². The molecule has 1 unspecified atom stereocenters. The quantitative estimate of drug-likeness (QED) is 0.347. The molecule has 0 bridgehead atoms. The van der Waals surface area contributed by atoms with Gasteiger partial charge in [0.15, 0.2) is 0 Å². The molecule has 92 valence electrons.